The summed E-state index contributed by atoms with van der Waals surface area (Å²) in [6, 6.07) is 10.9. The van der Waals surface area contributed by atoms with Crippen molar-refractivity contribution in [1.29, 1.82) is 0 Å². The average molecular weight is 441 g/mol. The fourth-order valence-electron chi connectivity index (χ4n) is 3.74. The Bertz CT molecular complexity index is 1030. The number of amides is 1. The van der Waals surface area contributed by atoms with E-state index < -0.39 is 29.5 Å². The van der Waals surface area contributed by atoms with Crippen molar-refractivity contribution in [2.75, 3.05) is 13.7 Å². The van der Waals surface area contributed by atoms with Crippen molar-refractivity contribution in [2.45, 2.75) is 31.7 Å². The van der Waals surface area contributed by atoms with E-state index in [1.165, 1.54) is 36.3 Å². The molecular weight excluding hydrogens is 417 g/mol. The third-order valence-electron chi connectivity index (χ3n) is 5.38. The Labute approximate surface area is 184 Å². The first kappa shape index (κ1) is 23.0. The van der Waals surface area contributed by atoms with E-state index in [4.69, 9.17) is 9.84 Å². The zero-order valence-corrected chi connectivity index (χ0v) is 17.6. The largest absolute Gasteiger partial charge is 0.507 e. The van der Waals surface area contributed by atoms with Crippen molar-refractivity contribution in [1.82, 2.24) is 4.90 Å². The number of nitrogens with zero attached hydrogens (tertiary/aromatic N) is 1. The molecule has 0 spiro atoms. The Kier molecular flexibility index (Phi) is 7.25. The van der Waals surface area contributed by atoms with Crippen LogP contribution in [0.15, 0.2) is 54.1 Å². The van der Waals surface area contributed by atoms with Crippen molar-refractivity contribution < 1.29 is 33.7 Å². The standard InChI is InChI=1S/C24H24FNO6/c1-32-18-12-8-16(9-13-18)22(29)20-21(15-6-10-17(25)11-7-15)26(24(31)23(20)30)14-4-2-3-5-19(27)28/h6-13,21,29H,2-5,14H2,1H3,(H,27,28)/b22-20+. The molecule has 0 aromatic heterocycles. The van der Waals surface area contributed by atoms with Gasteiger partial charge in [-0.2, -0.15) is 0 Å². The number of halogens is 1. The molecule has 1 saturated heterocycles. The number of methoxy groups -OCH3 is 1. The maximum Gasteiger partial charge on any atom is 0.303 e. The molecule has 1 unspecified atom stereocenters. The van der Waals surface area contributed by atoms with E-state index in [1.54, 1.807) is 24.3 Å². The van der Waals surface area contributed by atoms with Gasteiger partial charge in [0.25, 0.3) is 11.7 Å². The predicted molar refractivity (Wildman–Crippen MR) is 115 cm³/mol. The lowest BCUT2D eigenvalue weighted by Gasteiger charge is -2.25. The molecule has 7 nitrogen and oxygen atoms in total. The quantitative estimate of drug-likeness (QED) is 0.265. The number of benzene rings is 2. The summed E-state index contributed by atoms with van der Waals surface area (Å²) in [6.45, 7) is 0.200. The van der Waals surface area contributed by atoms with Gasteiger partial charge in [-0.15, -0.1) is 0 Å². The van der Waals surface area contributed by atoms with Crippen LogP contribution in [0.25, 0.3) is 5.76 Å². The normalized spacial score (nSPS) is 17.6. The number of rotatable bonds is 9. The number of hydrogen-bond donors (Lipinski definition) is 2. The molecule has 0 saturated carbocycles. The van der Waals surface area contributed by atoms with E-state index in [-0.39, 0.29) is 24.3 Å². The maximum atomic E-state index is 13.5. The van der Waals surface area contributed by atoms with Gasteiger partial charge in [0.1, 0.15) is 17.3 Å². The van der Waals surface area contributed by atoms with E-state index in [0.717, 1.165) is 0 Å². The summed E-state index contributed by atoms with van der Waals surface area (Å²) in [7, 11) is 1.51. The average Bonchev–Trinajstić information content (AvgIpc) is 3.03. The Hall–Kier alpha value is -3.68. The number of carbonyl (C=O) groups excluding carboxylic acids is 2. The van der Waals surface area contributed by atoms with E-state index in [0.29, 0.717) is 36.1 Å². The lowest BCUT2D eigenvalue weighted by molar-refractivity contribution is -0.140. The molecule has 8 heteroatoms. The third-order valence-corrected chi connectivity index (χ3v) is 5.38. The van der Waals surface area contributed by atoms with Gasteiger partial charge in [0.15, 0.2) is 0 Å². The van der Waals surface area contributed by atoms with Crippen LogP contribution in [0.5, 0.6) is 5.75 Å². The molecule has 1 fully saturated rings. The zero-order valence-electron chi connectivity index (χ0n) is 17.6. The van der Waals surface area contributed by atoms with Crippen molar-refractivity contribution >= 4 is 23.4 Å². The van der Waals surface area contributed by atoms with Crippen LogP contribution >= 0.6 is 0 Å². The molecule has 168 valence electrons. The number of ether oxygens (including phenoxy) is 1. The lowest BCUT2D eigenvalue weighted by Crippen LogP contribution is -2.30. The first-order chi connectivity index (χ1) is 15.3. The summed E-state index contributed by atoms with van der Waals surface area (Å²) in [4.78, 5) is 37.8. The second kappa shape index (κ2) is 10.1. The van der Waals surface area contributed by atoms with Crippen molar-refractivity contribution in [2.24, 2.45) is 0 Å². The van der Waals surface area contributed by atoms with Gasteiger partial charge in [0, 0.05) is 18.5 Å². The second-order valence-corrected chi connectivity index (χ2v) is 7.48. The minimum absolute atomic E-state index is 0.0255. The maximum absolute atomic E-state index is 13.5. The number of ketones is 1. The Morgan fingerprint density at radius 1 is 1.00 bits per heavy atom. The lowest BCUT2D eigenvalue weighted by atomic mass is 9.95. The molecular formula is C24H24FNO6. The molecule has 32 heavy (non-hydrogen) atoms. The highest BCUT2D eigenvalue weighted by Gasteiger charge is 2.45. The van der Waals surface area contributed by atoms with E-state index in [2.05, 4.69) is 0 Å². The first-order valence-corrected chi connectivity index (χ1v) is 10.2. The van der Waals surface area contributed by atoms with Crippen molar-refractivity contribution in [3.8, 4) is 5.75 Å². The van der Waals surface area contributed by atoms with Crippen LogP contribution in [-0.2, 0) is 14.4 Å². The topological polar surface area (TPSA) is 104 Å². The molecule has 3 rings (SSSR count). The van der Waals surface area contributed by atoms with Crippen LogP contribution in [0.1, 0.15) is 42.9 Å². The number of aliphatic carboxylic acids is 1. The fourth-order valence-corrected chi connectivity index (χ4v) is 3.74. The van der Waals surface area contributed by atoms with Crippen molar-refractivity contribution in [3.63, 3.8) is 0 Å². The fraction of sp³-hybridized carbons (Fsp3) is 0.292. The van der Waals surface area contributed by atoms with Crippen LogP contribution in [0.4, 0.5) is 4.39 Å². The molecule has 0 bridgehead atoms. The molecule has 1 amide bonds. The number of carboxylic acids is 1. The number of carboxylic acid groups (broad SMARTS) is 1. The number of aliphatic hydroxyl groups is 1. The number of Topliss-reactive ketones (excluding diaryl/α,β-unsaturated/α-hetero) is 1. The third kappa shape index (κ3) is 4.96. The van der Waals surface area contributed by atoms with Crippen LogP contribution in [0.2, 0.25) is 0 Å². The van der Waals surface area contributed by atoms with Gasteiger partial charge in [-0.05, 0) is 54.8 Å². The smallest absolute Gasteiger partial charge is 0.303 e. The zero-order chi connectivity index (χ0) is 23.3. The van der Waals surface area contributed by atoms with Crippen LogP contribution < -0.4 is 4.74 Å². The number of hydrogen-bond acceptors (Lipinski definition) is 5. The highest BCUT2D eigenvalue weighted by molar-refractivity contribution is 6.46. The number of unbranched alkanes of at least 4 members (excludes halogenated alkanes) is 2. The van der Waals surface area contributed by atoms with Crippen LogP contribution in [0, 0.1) is 5.82 Å². The van der Waals surface area contributed by atoms with Gasteiger partial charge in [-0.1, -0.05) is 18.6 Å². The molecule has 0 radical (unpaired) electrons. The van der Waals surface area contributed by atoms with Gasteiger partial charge in [0.05, 0.1) is 18.7 Å². The Morgan fingerprint density at radius 3 is 2.25 bits per heavy atom. The number of carbonyl (C=O) groups is 3. The van der Waals surface area contributed by atoms with Crippen LogP contribution in [-0.4, -0.2) is 46.4 Å². The molecule has 1 aliphatic rings. The van der Waals surface area contributed by atoms with Gasteiger partial charge >= 0.3 is 5.97 Å². The number of aliphatic hydroxyl groups excluding tert-OH is 1. The monoisotopic (exact) mass is 441 g/mol. The molecule has 2 N–H and O–H groups in total. The van der Waals surface area contributed by atoms with E-state index >= 15 is 0 Å². The summed E-state index contributed by atoms with van der Waals surface area (Å²) in [6.07, 6.45) is 1.52. The minimum Gasteiger partial charge on any atom is -0.507 e. The van der Waals surface area contributed by atoms with Gasteiger partial charge in [-0.25, -0.2) is 4.39 Å². The van der Waals surface area contributed by atoms with E-state index in [1.807, 2.05) is 0 Å². The SMILES string of the molecule is COc1ccc(/C(O)=C2\C(=O)C(=O)N(CCCCCC(=O)O)C2c2ccc(F)cc2)cc1. The Balaban J connectivity index is 1.96. The summed E-state index contributed by atoms with van der Waals surface area (Å²) in [5.74, 6) is -2.69. The minimum atomic E-state index is -0.892. The van der Waals surface area contributed by atoms with E-state index in [9.17, 15) is 23.9 Å². The summed E-state index contributed by atoms with van der Waals surface area (Å²) in [5.41, 5.74) is 0.765. The predicted octanol–water partition coefficient (Wildman–Crippen LogP) is 3.90. The van der Waals surface area contributed by atoms with Gasteiger partial charge < -0.3 is 19.8 Å². The second-order valence-electron chi connectivity index (χ2n) is 7.48. The summed E-state index contributed by atoms with van der Waals surface area (Å²) in [5, 5.41) is 19.7. The van der Waals surface area contributed by atoms with Crippen LogP contribution in [0.3, 0.4) is 0 Å². The van der Waals surface area contributed by atoms with Gasteiger partial charge in [0.2, 0.25) is 0 Å². The highest BCUT2D eigenvalue weighted by atomic mass is 19.1. The van der Waals surface area contributed by atoms with Gasteiger partial charge in [-0.3, -0.25) is 14.4 Å². The molecule has 2 aromatic carbocycles. The first-order valence-electron chi connectivity index (χ1n) is 10.2. The number of likely N-dealkylation sites (tertiary alicyclic amines) is 1. The van der Waals surface area contributed by atoms with Crippen molar-refractivity contribution in [3.05, 3.63) is 71.0 Å². The summed E-state index contributed by atoms with van der Waals surface area (Å²) >= 11 is 0. The molecule has 0 aliphatic carbocycles. The molecule has 1 atom stereocenters. The molecule has 2 aromatic rings. The highest BCUT2D eigenvalue weighted by Crippen LogP contribution is 2.39. The summed E-state index contributed by atoms with van der Waals surface area (Å²) < 4.78 is 18.6. The molecule has 1 aliphatic heterocycles. The Morgan fingerprint density at radius 2 is 1.66 bits per heavy atom. The molecule has 1 heterocycles.